The molecule has 3 heteroatoms. The highest BCUT2D eigenvalue weighted by Gasteiger charge is 2.34. The van der Waals surface area contributed by atoms with E-state index in [1.165, 1.54) is 49.9 Å². The van der Waals surface area contributed by atoms with Crippen LogP contribution < -0.4 is 10.5 Å². The number of benzene rings is 1. The van der Waals surface area contributed by atoms with E-state index in [-0.39, 0.29) is 6.04 Å². The number of aryl methyl sites for hydroxylation is 1. The number of methoxy groups -OCH3 is 1. The molecule has 0 saturated heterocycles. The van der Waals surface area contributed by atoms with E-state index in [0.29, 0.717) is 6.04 Å². The Labute approximate surface area is 128 Å². The van der Waals surface area contributed by atoms with Gasteiger partial charge in [0.15, 0.2) is 0 Å². The molecule has 1 aromatic carbocycles. The summed E-state index contributed by atoms with van der Waals surface area (Å²) in [6.07, 6.45) is 6.36. The minimum absolute atomic E-state index is 0.120. The average molecular weight is 288 g/mol. The highest BCUT2D eigenvalue weighted by Crippen LogP contribution is 2.36. The number of nitrogens with zero attached hydrogens (tertiary/aromatic N) is 1. The normalized spacial score (nSPS) is 25.0. The Bertz CT molecular complexity index is 484. The fourth-order valence-electron chi connectivity index (χ4n) is 3.65. The van der Waals surface area contributed by atoms with Crippen LogP contribution in [0.3, 0.4) is 0 Å². The molecule has 0 heterocycles. The monoisotopic (exact) mass is 288 g/mol. The molecule has 1 fully saturated rings. The van der Waals surface area contributed by atoms with Gasteiger partial charge in [0.2, 0.25) is 0 Å². The second-order valence-corrected chi connectivity index (χ2v) is 6.63. The molecule has 2 atom stereocenters. The summed E-state index contributed by atoms with van der Waals surface area (Å²) in [5, 5.41) is 0. The Morgan fingerprint density at radius 1 is 1.29 bits per heavy atom. The summed E-state index contributed by atoms with van der Waals surface area (Å²) in [6, 6.07) is 7.00. The molecule has 1 saturated carbocycles. The van der Waals surface area contributed by atoms with Gasteiger partial charge in [-0.2, -0.15) is 0 Å². The van der Waals surface area contributed by atoms with Crippen LogP contribution in [-0.4, -0.2) is 31.1 Å². The molecule has 2 N–H and O–H groups in total. The van der Waals surface area contributed by atoms with Gasteiger partial charge in [-0.05, 0) is 67.8 Å². The molecule has 1 aromatic rings. The van der Waals surface area contributed by atoms with E-state index in [2.05, 4.69) is 30.0 Å². The number of ether oxygens (including phenoxy) is 1. The summed E-state index contributed by atoms with van der Waals surface area (Å²) < 4.78 is 5.38. The van der Waals surface area contributed by atoms with Crippen LogP contribution in [0, 0.1) is 5.92 Å². The van der Waals surface area contributed by atoms with Gasteiger partial charge in [-0.25, -0.2) is 0 Å². The molecular weight excluding hydrogens is 260 g/mol. The van der Waals surface area contributed by atoms with Crippen molar-refractivity contribution < 1.29 is 4.74 Å². The van der Waals surface area contributed by atoms with Crippen LogP contribution >= 0.6 is 0 Å². The van der Waals surface area contributed by atoms with Crippen LogP contribution in [0.25, 0.3) is 0 Å². The van der Waals surface area contributed by atoms with Crippen molar-refractivity contribution >= 4 is 0 Å². The summed E-state index contributed by atoms with van der Waals surface area (Å²) in [5.41, 5.74) is 9.34. The van der Waals surface area contributed by atoms with Crippen LogP contribution in [0.1, 0.15) is 49.8 Å². The second kappa shape index (κ2) is 6.37. The lowest BCUT2D eigenvalue weighted by molar-refractivity contribution is 0.148. The van der Waals surface area contributed by atoms with Gasteiger partial charge in [-0.3, -0.25) is 4.90 Å². The summed E-state index contributed by atoms with van der Waals surface area (Å²) in [7, 11) is 1.73. The van der Waals surface area contributed by atoms with Gasteiger partial charge in [-0.1, -0.05) is 13.0 Å². The highest BCUT2D eigenvalue weighted by molar-refractivity contribution is 5.40. The first-order chi connectivity index (χ1) is 10.2. The largest absolute Gasteiger partial charge is 0.497 e. The maximum atomic E-state index is 6.64. The van der Waals surface area contributed by atoms with E-state index in [0.717, 1.165) is 18.1 Å². The first-order valence-corrected chi connectivity index (χ1v) is 8.39. The third kappa shape index (κ3) is 3.24. The number of hydrogen-bond donors (Lipinski definition) is 1. The van der Waals surface area contributed by atoms with Gasteiger partial charge < -0.3 is 10.5 Å². The number of rotatable bonds is 6. The lowest BCUT2D eigenvalue weighted by Crippen LogP contribution is -2.46. The van der Waals surface area contributed by atoms with E-state index in [4.69, 9.17) is 10.5 Å². The topological polar surface area (TPSA) is 38.5 Å². The van der Waals surface area contributed by atoms with Gasteiger partial charge in [0, 0.05) is 18.6 Å². The maximum absolute atomic E-state index is 6.64. The molecule has 3 rings (SSSR count). The van der Waals surface area contributed by atoms with Gasteiger partial charge in [0.1, 0.15) is 5.75 Å². The number of nitrogens with two attached hydrogens (primary N) is 1. The molecule has 0 radical (unpaired) electrons. The van der Waals surface area contributed by atoms with Crippen LogP contribution in [-0.2, 0) is 6.42 Å². The van der Waals surface area contributed by atoms with Crippen molar-refractivity contribution in [1.82, 2.24) is 4.90 Å². The van der Waals surface area contributed by atoms with Crippen molar-refractivity contribution in [3.8, 4) is 5.75 Å². The van der Waals surface area contributed by atoms with E-state index >= 15 is 0 Å². The van der Waals surface area contributed by atoms with Gasteiger partial charge in [-0.15, -0.1) is 0 Å². The van der Waals surface area contributed by atoms with E-state index in [1.807, 2.05) is 0 Å². The van der Waals surface area contributed by atoms with E-state index in [9.17, 15) is 0 Å². The van der Waals surface area contributed by atoms with Crippen molar-refractivity contribution in [1.29, 1.82) is 0 Å². The van der Waals surface area contributed by atoms with Gasteiger partial charge in [0.05, 0.1) is 7.11 Å². The molecule has 2 aliphatic rings. The third-order valence-electron chi connectivity index (χ3n) is 5.01. The summed E-state index contributed by atoms with van der Waals surface area (Å²) in [6.45, 7) is 4.69. The number of fused-ring (bicyclic) bond motifs is 1. The Hall–Kier alpha value is -1.06. The summed E-state index contributed by atoms with van der Waals surface area (Å²) in [4.78, 5) is 2.66. The minimum atomic E-state index is 0.120. The predicted octanol–water partition coefficient (Wildman–Crippen LogP) is 3.13. The lowest BCUT2D eigenvalue weighted by Gasteiger charge is -2.39. The van der Waals surface area contributed by atoms with Crippen LogP contribution in [0.2, 0.25) is 0 Å². The first kappa shape index (κ1) is 14.9. The molecular formula is C18H28N2O. The third-order valence-corrected chi connectivity index (χ3v) is 5.01. The summed E-state index contributed by atoms with van der Waals surface area (Å²) >= 11 is 0. The van der Waals surface area contributed by atoms with Crippen LogP contribution in [0.5, 0.6) is 5.75 Å². The Morgan fingerprint density at radius 3 is 2.76 bits per heavy atom. The zero-order valence-corrected chi connectivity index (χ0v) is 13.3. The van der Waals surface area contributed by atoms with Crippen LogP contribution in [0.15, 0.2) is 18.2 Å². The smallest absolute Gasteiger partial charge is 0.119 e. The molecule has 0 aliphatic heterocycles. The highest BCUT2D eigenvalue weighted by atomic mass is 16.5. The predicted molar refractivity (Wildman–Crippen MR) is 86.6 cm³/mol. The van der Waals surface area contributed by atoms with Gasteiger partial charge >= 0.3 is 0 Å². The zero-order valence-electron chi connectivity index (χ0n) is 13.3. The minimum Gasteiger partial charge on any atom is -0.497 e. The van der Waals surface area contributed by atoms with Crippen molar-refractivity contribution in [3.05, 3.63) is 29.3 Å². The molecule has 116 valence electrons. The molecule has 0 amide bonds. The maximum Gasteiger partial charge on any atom is 0.119 e. The fourth-order valence-corrected chi connectivity index (χ4v) is 3.65. The summed E-state index contributed by atoms with van der Waals surface area (Å²) in [5.74, 6) is 1.85. The molecule has 3 nitrogen and oxygen atoms in total. The van der Waals surface area contributed by atoms with Crippen molar-refractivity contribution in [2.45, 2.75) is 51.1 Å². The van der Waals surface area contributed by atoms with Crippen molar-refractivity contribution in [2.24, 2.45) is 11.7 Å². The van der Waals surface area contributed by atoms with E-state index < -0.39 is 0 Å². The SMILES string of the molecule is CCCN(CC1CC1)C1CCc2ccc(OC)cc2C1N. The molecule has 0 spiro atoms. The van der Waals surface area contributed by atoms with Gasteiger partial charge in [0.25, 0.3) is 0 Å². The van der Waals surface area contributed by atoms with Crippen molar-refractivity contribution in [3.63, 3.8) is 0 Å². The van der Waals surface area contributed by atoms with E-state index in [1.54, 1.807) is 7.11 Å². The molecule has 21 heavy (non-hydrogen) atoms. The quantitative estimate of drug-likeness (QED) is 0.874. The average Bonchev–Trinajstić information content (AvgIpc) is 3.31. The van der Waals surface area contributed by atoms with Crippen LogP contribution in [0.4, 0.5) is 0 Å². The molecule has 2 unspecified atom stereocenters. The number of hydrogen-bond acceptors (Lipinski definition) is 3. The molecule has 2 aliphatic carbocycles. The van der Waals surface area contributed by atoms with Crippen molar-refractivity contribution in [2.75, 3.05) is 20.2 Å². The Balaban J connectivity index is 1.79. The lowest BCUT2D eigenvalue weighted by atomic mass is 9.83. The fraction of sp³-hybridized carbons (Fsp3) is 0.667. The standard InChI is InChI=1S/C18H28N2O/c1-3-10-20(12-13-4-5-13)17-9-7-14-6-8-15(21-2)11-16(14)18(17)19/h6,8,11,13,17-18H,3-5,7,9-10,12,19H2,1-2H3. The molecule has 0 bridgehead atoms. The molecule has 0 aromatic heterocycles. The Kier molecular flexibility index (Phi) is 4.51. The Morgan fingerprint density at radius 2 is 2.10 bits per heavy atom. The first-order valence-electron chi connectivity index (χ1n) is 8.39. The second-order valence-electron chi connectivity index (χ2n) is 6.63. The zero-order chi connectivity index (χ0) is 14.8.